The van der Waals surface area contributed by atoms with E-state index < -0.39 is 10.0 Å². The highest BCUT2D eigenvalue weighted by atomic mass is 32.2. The molecule has 1 aromatic heterocycles. The van der Waals surface area contributed by atoms with Gasteiger partial charge in [-0.2, -0.15) is 0 Å². The van der Waals surface area contributed by atoms with E-state index in [1.807, 2.05) is 60.7 Å². The fourth-order valence-electron chi connectivity index (χ4n) is 3.07. The van der Waals surface area contributed by atoms with E-state index >= 15 is 0 Å². The molecule has 0 saturated carbocycles. The van der Waals surface area contributed by atoms with E-state index in [0.29, 0.717) is 21.8 Å². The van der Waals surface area contributed by atoms with Crippen LogP contribution in [0, 0.1) is 0 Å². The second-order valence-corrected chi connectivity index (χ2v) is 9.50. The number of nitrogens with zero attached hydrogens (tertiary/aromatic N) is 1. The van der Waals surface area contributed by atoms with Crippen molar-refractivity contribution < 1.29 is 13.2 Å². The third-order valence-electron chi connectivity index (χ3n) is 4.48. The number of carbonyl (C=O) groups excluding carboxylic acids is 1. The summed E-state index contributed by atoms with van der Waals surface area (Å²) in [6.07, 6.45) is 0. The van der Waals surface area contributed by atoms with Crippen LogP contribution in [0.5, 0.6) is 0 Å². The predicted octanol–water partition coefficient (Wildman–Crippen LogP) is 4.52. The summed E-state index contributed by atoms with van der Waals surface area (Å²) >= 11 is 1.33. The Morgan fingerprint density at radius 2 is 1.45 bits per heavy atom. The van der Waals surface area contributed by atoms with Crippen molar-refractivity contribution in [3.8, 4) is 21.8 Å². The lowest BCUT2D eigenvalue weighted by atomic mass is 10.1. The van der Waals surface area contributed by atoms with Gasteiger partial charge in [0.1, 0.15) is 9.88 Å². The van der Waals surface area contributed by atoms with E-state index in [9.17, 15) is 13.2 Å². The number of carbonyl (C=O) groups is 1. The molecule has 0 atom stereocenters. The number of aromatic nitrogens is 1. The minimum absolute atomic E-state index is 0.255. The Morgan fingerprint density at radius 3 is 2.03 bits per heavy atom. The molecule has 4 aromatic rings. The second kappa shape index (κ2) is 8.81. The average molecular weight is 450 g/mol. The fraction of sp³-hybridized carbons (Fsp3) is 0.0435. The topological polar surface area (TPSA) is 102 Å². The van der Waals surface area contributed by atoms with Crippen LogP contribution in [-0.4, -0.2) is 19.3 Å². The third-order valence-corrected chi connectivity index (χ3v) is 6.32. The lowest BCUT2D eigenvalue weighted by Gasteiger charge is -2.06. The SMILES string of the molecule is NS(=O)(=O)Cc1ccc(NC(=O)c2sc(-c3ccccc3)nc2-c2ccccc2)cc1. The number of benzene rings is 3. The van der Waals surface area contributed by atoms with Crippen molar-refractivity contribution in [2.75, 3.05) is 5.32 Å². The van der Waals surface area contributed by atoms with Gasteiger partial charge >= 0.3 is 0 Å². The molecule has 0 saturated heterocycles. The number of nitrogens with two attached hydrogens (primary N) is 1. The Kier molecular flexibility index (Phi) is 5.94. The first-order valence-corrected chi connectivity index (χ1v) is 11.9. The largest absolute Gasteiger partial charge is 0.321 e. The number of amides is 1. The first-order valence-electron chi connectivity index (χ1n) is 9.41. The zero-order valence-electron chi connectivity index (χ0n) is 16.4. The molecule has 0 bridgehead atoms. The van der Waals surface area contributed by atoms with Gasteiger partial charge in [0, 0.05) is 16.8 Å². The first-order chi connectivity index (χ1) is 14.9. The van der Waals surface area contributed by atoms with Gasteiger partial charge in [-0.1, -0.05) is 72.8 Å². The summed E-state index contributed by atoms with van der Waals surface area (Å²) in [5, 5.41) is 8.71. The Hall–Kier alpha value is -3.33. The van der Waals surface area contributed by atoms with Gasteiger partial charge in [-0.3, -0.25) is 4.79 Å². The van der Waals surface area contributed by atoms with Crippen molar-refractivity contribution in [3.63, 3.8) is 0 Å². The van der Waals surface area contributed by atoms with Crippen molar-refractivity contribution in [1.82, 2.24) is 4.98 Å². The molecule has 0 aliphatic heterocycles. The van der Waals surface area contributed by atoms with E-state index in [4.69, 9.17) is 10.1 Å². The number of hydrogen-bond donors (Lipinski definition) is 2. The van der Waals surface area contributed by atoms with E-state index in [-0.39, 0.29) is 11.7 Å². The van der Waals surface area contributed by atoms with Gasteiger partial charge in [0.25, 0.3) is 5.91 Å². The van der Waals surface area contributed by atoms with Crippen LogP contribution >= 0.6 is 11.3 Å². The van der Waals surface area contributed by atoms with Crippen LogP contribution in [0.1, 0.15) is 15.2 Å². The van der Waals surface area contributed by atoms with Crippen LogP contribution in [0.2, 0.25) is 0 Å². The molecule has 3 aromatic carbocycles. The van der Waals surface area contributed by atoms with E-state index in [1.165, 1.54) is 11.3 Å². The number of hydrogen-bond acceptors (Lipinski definition) is 5. The highest BCUT2D eigenvalue weighted by molar-refractivity contribution is 7.88. The molecular formula is C23H19N3O3S2. The lowest BCUT2D eigenvalue weighted by molar-refractivity contribution is 0.103. The lowest BCUT2D eigenvalue weighted by Crippen LogP contribution is -2.14. The number of sulfonamides is 1. The van der Waals surface area contributed by atoms with Crippen LogP contribution in [0.25, 0.3) is 21.8 Å². The number of anilines is 1. The maximum Gasteiger partial charge on any atom is 0.268 e. The molecular weight excluding hydrogens is 430 g/mol. The highest BCUT2D eigenvalue weighted by Crippen LogP contribution is 2.34. The fourth-order valence-corrected chi connectivity index (χ4v) is 4.72. The molecule has 0 aliphatic rings. The van der Waals surface area contributed by atoms with Crippen molar-refractivity contribution in [1.29, 1.82) is 0 Å². The smallest absolute Gasteiger partial charge is 0.268 e. The monoisotopic (exact) mass is 449 g/mol. The van der Waals surface area contributed by atoms with Crippen molar-refractivity contribution in [3.05, 3.63) is 95.4 Å². The number of thiazole rings is 1. The summed E-state index contributed by atoms with van der Waals surface area (Å²) in [6.45, 7) is 0. The maximum absolute atomic E-state index is 13.1. The average Bonchev–Trinajstić information content (AvgIpc) is 3.21. The van der Waals surface area contributed by atoms with Crippen LogP contribution in [0.15, 0.2) is 84.9 Å². The normalized spacial score (nSPS) is 11.3. The van der Waals surface area contributed by atoms with Gasteiger partial charge in [0.2, 0.25) is 10.0 Å². The minimum Gasteiger partial charge on any atom is -0.321 e. The van der Waals surface area contributed by atoms with E-state index in [2.05, 4.69) is 5.32 Å². The Bertz CT molecular complexity index is 1300. The summed E-state index contributed by atoms with van der Waals surface area (Å²) in [5.41, 5.74) is 3.52. The van der Waals surface area contributed by atoms with Crippen LogP contribution in [0.4, 0.5) is 5.69 Å². The molecule has 6 nitrogen and oxygen atoms in total. The summed E-state index contributed by atoms with van der Waals surface area (Å²) in [7, 11) is -3.61. The van der Waals surface area contributed by atoms with Gasteiger partial charge in [0.15, 0.2) is 0 Å². The second-order valence-electron chi connectivity index (χ2n) is 6.89. The standard InChI is InChI=1S/C23H19N3O3S2/c24-31(28,29)15-16-11-13-19(14-12-16)25-22(27)21-20(17-7-3-1-4-8-17)26-23(30-21)18-9-5-2-6-10-18/h1-14H,15H2,(H,25,27)(H2,24,28,29). The van der Waals surface area contributed by atoms with Gasteiger partial charge in [-0.25, -0.2) is 18.5 Å². The molecule has 0 radical (unpaired) electrons. The van der Waals surface area contributed by atoms with E-state index in [0.717, 1.165) is 16.1 Å². The molecule has 1 heterocycles. The van der Waals surface area contributed by atoms with E-state index in [1.54, 1.807) is 24.3 Å². The van der Waals surface area contributed by atoms with Gasteiger partial charge < -0.3 is 5.32 Å². The molecule has 3 N–H and O–H groups in total. The molecule has 0 spiro atoms. The summed E-state index contributed by atoms with van der Waals surface area (Å²) in [4.78, 5) is 18.4. The van der Waals surface area contributed by atoms with Crippen LogP contribution < -0.4 is 10.5 Å². The summed E-state index contributed by atoms with van der Waals surface area (Å²) in [6, 6.07) is 25.8. The zero-order chi connectivity index (χ0) is 21.8. The molecule has 8 heteroatoms. The molecule has 31 heavy (non-hydrogen) atoms. The van der Waals surface area contributed by atoms with Crippen molar-refractivity contribution >= 4 is 33.0 Å². The predicted molar refractivity (Wildman–Crippen MR) is 124 cm³/mol. The molecule has 4 rings (SSSR count). The quantitative estimate of drug-likeness (QED) is 0.452. The third kappa shape index (κ3) is 5.24. The van der Waals surface area contributed by atoms with Crippen LogP contribution in [-0.2, 0) is 15.8 Å². The number of rotatable bonds is 6. The Balaban J connectivity index is 1.65. The Labute approximate surface area is 184 Å². The molecule has 1 amide bonds. The summed E-state index contributed by atoms with van der Waals surface area (Å²) < 4.78 is 22.5. The van der Waals surface area contributed by atoms with Crippen molar-refractivity contribution in [2.45, 2.75) is 5.75 Å². The number of primary sulfonamides is 1. The molecule has 156 valence electrons. The zero-order valence-corrected chi connectivity index (χ0v) is 18.0. The summed E-state index contributed by atoms with van der Waals surface area (Å²) in [5.74, 6) is -0.535. The number of nitrogens with one attached hydrogen (secondary N) is 1. The van der Waals surface area contributed by atoms with Gasteiger partial charge in [0.05, 0.1) is 11.4 Å². The van der Waals surface area contributed by atoms with Gasteiger partial charge in [-0.15, -0.1) is 11.3 Å². The minimum atomic E-state index is -3.61. The first kappa shape index (κ1) is 20.9. The van der Waals surface area contributed by atoms with Crippen molar-refractivity contribution in [2.24, 2.45) is 5.14 Å². The Morgan fingerprint density at radius 1 is 0.871 bits per heavy atom. The molecule has 0 fully saturated rings. The van der Waals surface area contributed by atoms with Crippen LogP contribution in [0.3, 0.4) is 0 Å². The maximum atomic E-state index is 13.1. The molecule has 0 unspecified atom stereocenters. The van der Waals surface area contributed by atoms with Gasteiger partial charge in [-0.05, 0) is 17.7 Å². The highest BCUT2D eigenvalue weighted by Gasteiger charge is 2.20. The molecule has 0 aliphatic carbocycles.